The Morgan fingerprint density at radius 2 is 1.78 bits per heavy atom. The van der Waals surface area contributed by atoms with Gasteiger partial charge in [-0.3, -0.25) is 4.79 Å². The second kappa shape index (κ2) is 8.27. The van der Waals surface area contributed by atoms with Crippen LogP contribution in [0.25, 0.3) is 0 Å². The van der Waals surface area contributed by atoms with Gasteiger partial charge in [-0.25, -0.2) is 9.67 Å². The first-order valence-electron chi connectivity index (χ1n) is 12.3. The van der Waals surface area contributed by atoms with Crippen LogP contribution in [-0.4, -0.2) is 20.7 Å². The summed E-state index contributed by atoms with van der Waals surface area (Å²) in [6.07, 6.45) is 10.4. The zero-order chi connectivity index (χ0) is 22.5. The predicted octanol–water partition coefficient (Wildman–Crippen LogP) is 6.12. The Morgan fingerprint density at radius 1 is 1.12 bits per heavy atom. The number of carbonyl (C=O) groups is 1. The van der Waals surface area contributed by atoms with Crippen LogP contribution in [-0.2, 0) is 10.3 Å². The fraction of sp³-hybridized carbons (Fsp3) is 0.654. The molecule has 2 aromatic rings. The average molecular weight is 499 g/mol. The minimum atomic E-state index is -0.271. The van der Waals surface area contributed by atoms with Crippen molar-refractivity contribution in [1.29, 1.82) is 0 Å². The lowest BCUT2D eigenvalue weighted by Gasteiger charge is -2.61. The molecule has 6 rings (SSSR count). The van der Waals surface area contributed by atoms with Crippen molar-refractivity contribution in [3.05, 3.63) is 46.5 Å². The van der Waals surface area contributed by atoms with E-state index in [1.165, 1.54) is 17.5 Å². The maximum atomic E-state index is 13.9. The molecule has 172 valence electrons. The molecule has 1 aromatic heterocycles. The number of nitrogens with zero attached hydrogens (tertiary/aromatic N) is 3. The molecule has 4 bridgehead atoms. The number of carbonyl (C=O) groups excluding carboxylic acids is 1. The summed E-state index contributed by atoms with van der Waals surface area (Å²) in [5.41, 5.74) is 2.26. The van der Waals surface area contributed by atoms with Crippen LogP contribution in [0.2, 0.25) is 0 Å². The van der Waals surface area contributed by atoms with Crippen molar-refractivity contribution < 1.29 is 4.79 Å². The molecule has 4 aliphatic rings. The summed E-state index contributed by atoms with van der Waals surface area (Å²) < 4.78 is 2.71. The van der Waals surface area contributed by atoms with Gasteiger partial charge in [0.15, 0.2) is 0 Å². The van der Waals surface area contributed by atoms with Gasteiger partial charge in [0.2, 0.25) is 10.6 Å². The molecule has 6 heteroatoms. The van der Waals surface area contributed by atoms with E-state index in [4.69, 9.17) is 0 Å². The highest BCUT2D eigenvalue weighted by Crippen LogP contribution is 2.64. The van der Waals surface area contributed by atoms with Crippen LogP contribution in [0.3, 0.4) is 0 Å². The molecule has 0 unspecified atom stereocenters. The monoisotopic (exact) mass is 498 g/mol. The number of hydrogen-bond acceptors (Lipinski definition) is 3. The smallest absolute Gasteiger partial charge is 0.226 e. The average Bonchev–Trinajstić information content (AvgIpc) is 3.23. The maximum Gasteiger partial charge on any atom is 0.226 e. The second-order valence-electron chi connectivity index (χ2n) is 10.8. The predicted molar refractivity (Wildman–Crippen MR) is 129 cm³/mol. The van der Waals surface area contributed by atoms with E-state index < -0.39 is 0 Å². The summed E-state index contributed by atoms with van der Waals surface area (Å²) in [6.45, 7) is 6.66. The number of rotatable bonds is 7. The Bertz CT molecular complexity index is 970. The number of halogens is 1. The van der Waals surface area contributed by atoms with Gasteiger partial charge in [-0.15, -0.1) is 5.10 Å². The SMILES string of the molecule is CC[C@H](NC(=O)C12C[C@@H]3C[C@@H](C1)CC(n1cnc(Br)n1)(C3)C2)c1ccc([C@@H](C)CC)cc1. The van der Waals surface area contributed by atoms with E-state index in [0.717, 1.165) is 44.9 Å². The van der Waals surface area contributed by atoms with E-state index in [9.17, 15) is 4.79 Å². The summed E-state index contributed by atoms with van der Waals surface area (Å²) in [5.74, 6) is 2.05. The standard InChI is InChI=1S/C26H35BrN4O/c1-4-17(3)20-6-8-21(9-7-20)22(5-2)29-23(32)25-11-18-10-19(12-25)14-26(13-18,15-25)31-16-28-24(27)30-31/h6-9,16-19,22H,4-5,10-15H2,1-3H3,(H,29,32)/t17-,18-,19-,22-,25?,26?/m0/s1. The highest BCUT2D eigenvalue weighted by atomic mass is 79.9. The van der Waals surface area contributed by atoms with Gasteiger partial charge in [-0.1, -0.05) is 45.0 Å². The molecule has 0 radical (unpaired) electrons. The lowest BCUT2D eigenvalue weighted by atomic mass is 9.46. The molecule has 4 fully saturated rings. The van der Waals surface area contributed by atoms with E-state index in [-0.39, 0.29) is 22.9 Å². The van der Waals surface area contributed by atoms with Crippen LogP contribution in [0.1, 0.15) is 95.2 Å². The molecule has 4 atom stereocenters. The van der Waals surface area contributed by atoms with Crippen molar-refractivity contribution in [3.63, 3.8) is 0 Å². The number of amides is 1. The highest BCUT2D eigenvalue weighted by Gasteiger charge is 2.61. The second-order valence-corrected chi connectivity index (χ2v) is 11.5. The number of benzene rings is 1. The zero-order valence-electron chi connectivity index (χ0n) is 19.5. The van der Waals surface area contributed by atoms with Crippen LogP contribution in [0, 0.1) is 17.3 Å². The molecule has 0 saturated heterocycles. The van der Waals surface area contributed by atoms with Crippen LogP contribution in [0.15, 0.2) is 35.3 Å². The molecular formula is C26H35BrN4O. The third-order valence-electron chi connectivity index (χ3n) is 8.70. The Morgan fingerprint density at radius 3 is 2.34 bits per heavy atom. The largest absolute Gasteiger partial charge is 0.349 e. The van der Waals surface area contributed by atoms with E-state index in [1.54, 1.807) is 0 Å². The van der Waals surface area contributed by atoms with Crippen molar-refractivity contribution in [2.24, 2.45) is 17.3 Å². The van der Waals surface area contributed by atoms with Gasteiger partial charge in [-0.05, 0) is 96.2 Å². The summed E-state index contributed by atoms with van der Waals surface area (Å²) in [6, 6.07) is 8.97. The lowest BCUT2D eigenvalue weighted by Crippen LogP contribution is -2.61. The van der Waals surface area contributed by atoms with E-state index in [1.807, 2.05) is 6.33 Å². The topological polar surface area (TPSA) is 59.8 Å². The maximum absolute atomic E-state index is 13.9. The van der Waals surface area contributed by atoms with E-state index in [2.05, 4.69) is 81.0 Å². The summed E-state index contributed by atoms with van der Waals surface area (Å²) in [5, 5.41) is 8.12. The minimum absolute atomic E-state index is 0.0555. The zero-order valence-corrected chi connectivity index (χ0v) is 21.1. The Kier molecular flexibility index (Phi) is 5.71. The Labute approximate surface area is 199 Å². The molecule has 1 N–H and O–H groups in total. The third-order valence-corrected chi connectivity index (χ3v) is 9.06. The van der Waals surface area contributed by atoms with E-state index >= 15 is 0 Å². The minimum Gasteiger partial charge on any atom is -0.349 e. The third kappa shape index (κ3) is 3.72. The van der Waals surface area contributed by atoms with Crippen molar-refractivity contribution in [3.8, 4) is 0 Å². The number of hydrogen-bond donors (Lipinski definition) is 1. The molecule has 1 aromatic carbocycles. The molecule has 0 spiro atoms. The highest BCUT2D eigenvalue weighted by molar-refractivity contribution is 9.10. The van der Waals surface area contributed by atoms with Crippen molar-refractivity contribution in [2.75, 3.05) is 0 Å². The van der Waals surface area contributed by atoms with Gasteiger partial charge in [-0.2, -0.15) is 0 Å². The first kappa shape index (κ1) is 22.1. The van der Waals surface area contributed by atoms with Crippen molar-refractivity contribution in [1.82, 2.24) is 20.1 Å². The quantitative estimate of drug-likeness (QED) is 0.500. The molecule has 1 heterocycles. The number of aromatic nitrogens is 3. The van der Waals surface area contributed by atoms with Crippen LogP contribution in [0.5, 0.6) is 0 Å². The summed E-state index contributed by atoms with van der Waals surface area (Å²) >= 11 is 3.42. The van der Waals surface area contributed by atoms with Crippen molar-refractivity contribution in [2.45, 2.75) is 89.6 Å². The van der Waals surface area contributed by atoms with Crippen LogP contribution >= 0.6 is 15.9 Å². The molecule has 5 nitrogen and oxygen atoms in total. The number of nitrogens with one attached hydrogen (secondary N) is 1. The first-order valence-corrected chi connectivity index (χ1v) is 13.1. The lowest BCUT2D eigenvalue weighted by molar-refractivity contribution is -0.156. The molecule has 4 aliphatic carbocycles. The first-order chi connectivity index (χ1) is 15.4. The van der Waals surface area contributed by atoms with Gasteiger partial charge in [0.25, 0.3) is 0 Å². The Balaban J connectivity index is 1.37. The van der Waals surface area contributed by atoms with Gasteiger partial charge in [0, 0.05) is 0 Å². The molecule has 1 amide bonds. The van der Waals surface area contributed by atoms with Gasteiger partial charge >= 0.3 is 0 Å². The molecule has 32 heavy (non-hydrogen) atoms. The fourth-order valence-corrected chi connectivity index (χ4v) is 7.51. The van der Waals surface area contributed by atoms with Crippen LogP contribution < -0.4 is 5.32 Å². The molecule has 4 saturated carbocycles. The molecular weight excluding hydrogens is 464 g/mol. The summed E-state index contributed by atoms with van der Waals surface area (Å²) in [4.78, 5) is 18.2. The van der Waals surface area contributed by atoms with Crippen LogP contribution in [0.4, 0.5) is 0 Å². The fourth-order valence-electron chi connectivity index (χ4n) is 7.24. The van der Waals surface area contributed by atoms with Gasteiger partial charge in [0.05, 0.1) is 17.0 Å². The van der Waals surface area contributed by atoms with Gasteiger partial charge in [0.1, 0.15) is 6.33 Å². The van der Waals surface area contributed by atoms with E-state index in [0.29, 0.717) is 22.5 Å². The van der Waals surface area contributed by atoms with Gasteiger partial charge < -0.3 is 5.32 Å². The normalized spacial score (nSPS) is 32.6. The Hall–Kier alpha value is -1.69. The molecule has 0 aliphatic heterocycles. The van der Waals surface area contributed by atoms with Crippen molar-refractivity contribution >= 4 is 21.8 Å². The summed E-state index contributed by atoms with van der Waals surface area (Å²) in [7, 11) is 0.